The van der Waals surface area contributed by atoms with Crippen LogP contribution in [0.15, 0.2) is 0 Å². The zero-order valence-electron chi connectivity index (χ0n) is 12.9. The van der Waals surface area contributed by atoms with E-state index < -0.39 is 5.60 Å². The van der Waals surface area contributed by atoms with Gasteiger partial charge < -0.3 is 21.1 Å². The minimum Gasteiger partial charge on any atom is -0.387 e. The normalized spacial score (nSPS) is 16.2. The van der Waals surface area contributed by atoms with Crippen LogP contribution in [0.25, 0.3) is 0 Å². The van der Waals surface area contributed by atoms with Crippen LogP contribution in [-0.2, 0) is 4.79 Å². The number of hydrogen-bond donors (Lipinski definition) is 3. The molecular weight excluding hydrogens is 242 g/mol. The molecule has 0 heterocycles. The number of nitrogens with one attached hydrogen (secondary N) is 1. The number of hydrogen-bond acceptors (Lipinski definition) is 4. The van der Waals surface area contributed by atoms with Gasteiger partial charge in [0.05, 0.1) is 5.60 Å². The smallest absolute Gasteiger partial charge is 0.220 e. The predicted octanol–water partition coefficient (Wildman–Crippen LogP) is 0.570. The monoisotopic (exact) mass is 273 g/mol. The Labute approximate surface area is 117 Å². The molecule has 2 atom stereocenters. The van der Waals surface area contributed by atoms with E-state index in [1.165, 1.54) is 0 Å². The fraction of sp³-hybridized carbons (Fsp3) is 0.929. The molecule has 1 amide bonds. The zero-order chi connectivity index (χ0) is 14.9. The van der Waals surface area contributed by atoms with Gasteiger partial charge in [0.15, 0.2) is 0 Å². The average molecular weight is 273 g/mol. The molecule has 5 heteroatoms. The third kappa shape index (κ3) is 9.87. The molecule has 0 aliphatic heterocycles. The molecule has 0 aliphatic carbocycles. The van der Waals surface area contributed by atoms with E-state index in [1.807, 2.05) is 19.0 Å². The van der Waals surface area contributed by atoms with E-state index in [9.17, 15) is 9.90 Å². The second-order valence-corrected chi connectivity index (χ2v) is 5.90. The van der Waals surface area contributed by atoms with E-state index in [1.54, 1.807) is 6.92 Å². The highest BCUT2D eigenvalue weighted by Gasteiger charge is 2.22. The van der Waals surface area contributed by atoms with Gasteiger partial charge in [-0.15, -0.1) is 0 Å². The quantitative estimate of drug-likeness (QED) is 0.544. The van der Waals surface area contributed by atoms with Crippen LogP contribution < -0.4 is 11.1 Å². The minimum atomic E-state index is -0.888. The lowest BCUT2D eigenvalue weighted by molar-refractivity contribution is -0.122. The van der Waals surface area contributed by atoms with Crippen LogP contribution in [0.2, 0.25) is 0 Å². The second kappa shape index (κ2) is 9.28. The highest BCUT2D eigenvalue weighted by Crippen LogP contribution is 2.14. The molecule has 4 N–H and O–H groups in total. The Balaban J connectivity index is 3.92. The molecule has 2 unspecified atom stereocenters. The third-order valence-electron chi connectivity index (χ3n) is 3.26. The Morgan fingerprint density at radius 3 is 2.53 bits per heavy atom. The molecule has 0 aromatic heterocycles. The van der Waals surface area contributed by atoms with Crippen molar-refractivity contribution in [3.05, 3.63) is 0 Å². The fourth-order valence-electron chi connectivity index (χ4n) is 2.24. The van der Waals surface area contributed by atoms with Crippen molar-refractivity contribution in [2.45, 2.75) is 45.1 Å². The van der Waals surface area contributed by atoms with E-state index in [0.717, 1.165) is 19.3 Å². The maximum Gasteiger partial charge on any atom is 0.220 e. The number of nitrogens with zero attached hydrogens (tertiary/aromatic N) is 1. The molecule has 0 saturated heterocycles. The van der Waals surface area contributed by atoms with Gasteiger partial charge in [0, 0.05) is 19.5 Å². The van der Waals surface area contributed by atoms with E-state index in [4.69, 9.17) is 5.73 Å². The van der Waals surface area contributed by atoms with Crippen LogP contribution in [0.4, 0.5) is 0 Å². The van der Waals surface area contributed by atoms with Crippen molar-refractivity contribution >= 4 is 5.91 Å². The molecule has 19 heavy (non-hydrogen) atoms. The first kappa shape index (κ1) is 18.4. The highest BCUT2D eigenvalue weighted by atomic mass is 16.3. The van der Waals surface area contributed by atoms with Crippen LogP contribution in [0.1, 0.15) is 39.5 Å². The molecule has 0 bridgehead atoms. The summed E-state index contributed by atoms with van der Waals surface area (Å²) in [5, 5.41) is 12.9. The number of likely N-dealkylation sites (N-methyl/N-ethyl adjacent to an activating group) is 1. The molecule has 0 spiro atoms. The Bertz CT molecular complexity index is 255. The van der Waals surface area contributed by atoms with Gasteiger partial charge in [-0.05, 0) is 46.3 Å². The molecule has 0 aromatic rings. The number of nitrogens with two attached hydrogens (primary N) is 1. The fourth-order valence-corrected chi connectivity index (χ4v) is 2.24. The number of aliphatic hydroxyl groups is 1. The molecule has 0 aromatic carbocycles. The van der Waals surface area contributed by atoms with Gasteiger partial charge in [0.2, 0.25) is 5.91 Å². The summed E-state index contributed by atoms with van der Waals surface area (Å²) in [6, 6.07) is 0. The SMILES string of the molecule is CCC(CCN)CCC(=O)NCC(C)(O)CN(C)C. The van der Waals surface area contributed by atoms with E-state index in [0.29, 0.717) is 25.4 Å². The maximum absolute atomic E-state index is 11.7. The summed E-state index contributed by atoms with van der Waals surface area (Å²) < 4.78 is 0. The predicted molar refractivity (Wildman–Crippen MR) is 78.9 cm³/mol. The lowest BCUT2D eigenvalue weighted by Gasteiger charge is -2.27. The maximum atomic E-state index is 11.7. The van der Waals surface area contributed by atoms with Gasteiger partial charge in [-0.3, -0.25) is 4.79 Å². The Kier molecular flexibility index (Phi) is 8.97. The lowest BCUT2D eigenvalue weighted by Crippen LogP contribution is -2.47. The Hall–Kier alpha value is -0.650. The topological polar surface area (TPSA) is 78.6 Å². The summed E-state index contributed by atoms with van der Waals surface area (Å²) in [6.07, 6.45) is 3.41. The first-order valence-electron chi connectivity index (χ1n) is 7.14. The van der Waals surface area contributed by atoms with Gasteiger partial charge in [-0.25, -0.2) is 0 Å². The number of carbonyl (C=O) groups is 1. The molecule has 114 valence electrons. The Morgan fingerprint density at radius 1 is 1.42 bits per heavy atom. The molecule has 5 nitrogen and oxygen atoms in total. The summed E-state index contributed by atoms with van der Waals surface area (Å²) in [6.45, 7) is 5.35. The molecular formula is C14H31N3O2. The van der Waals surface area contributed by atoms with E-state index in [-0.39, 0.29) is 12.5 Å². The number of carbonyl (C=O) groups excluding carboxylic acids is 1. The molecule has 0 rings (SSSR count). The van der Waals surface area contributed by atoms with Crippen molar-refractivity contribution in [3.8, 4) is 0 Å². The number of amides is 1. The summed E-state index contributed by atoms with van der Waals surface area (Å²) in [7, 11) is 3.80. The van der Waals surface area contributed by atoms with Crippen molar-refractivity contribution < 1.29 is 9.90 Å². The van der Waals surface area contributed by atoms with Crippen molar-refractivity contribution in [1.82, 2.24) is 10.2 Å². The van der Waals surface area contributed by atoms with Crippen molar-refractivity contribution in [2.75, 3.05) is 33.7 Å². The first-order valence-corrected chi connectivity index (χ1v) is 7.14. The van der Waals surface area contributed by atoms with Gasteiger partial charge in [0.25, 0.3) is 0 Å². The van der Waals surface area contributed by atoms with E-state index >= 15 is 0 Å². The van der Waals surface area contributed by atoms with E-state index in [2.05, 4.69) is 12.2 Å². The lowest BCUT2D eigenvalue weighted by atomic mass is 9.96. The van der Waals surface area contributed by atoms with Crippen LogP contribution >= 0.6 is 0 Å². The molecule has 0 radical (unpaired) electrons. The van der Waals surface area contributed by atoms with Gasteiger partial charge in [0.1, 0.15) is 0 Å². The summed E-state index contributed by atoms with van der Waals surface area (Å²) in [5.74, 6) is 0.535. The van der Waals surface area contributed by atoms with Crippen LogP contribution in [0, 0.1) is 5.92 Å². The summed E-state index contributed by atoms with van der Waals surface area (Å²) in [4.78, 5) is 13.6. The van der Waals surface area contributed by atoms with Gasteiger partial charge >= 0.3 is 0 Å². The van der Waals surface area contributed by atoms with Crippen LogP contribution in [-0.4, -0.2) is 55.2 Å². The minimum absolute atomic E-state index is 0.00880. The standard InChI is InChI=1S/C14H31N3O2/c1-5-12(8-9-15)6-7-13(18)16-10-14(2,19)11-17(3)4/h12,19H,5-11,15H2,1-4H3,(H,16,18). The first-order chi connectivity index (χ1) is 8.80. The average Bonchev–Trinajstić information content (AvgIpc) is 2.30. The van der Waals surface area contributed by atoms with Crippen molar-refractivity contribution in [3.63, 3.8) is 0 Å². The Morgan fingerprint density at radius 2 is 2.05 bits per heavy atom. The van der Waals surface area contributed by atoms with Crippen molar-refractivity contribution in [2.24, 2.45) is 11.7 Å². The van der Waals surface area contributed by atoms with Gasteiger partial charge in [-0.2, -0.15) is 0 Å². The third-order valence-corrected chi connectivity index (χ3v) is 3.26. The molecule has 0 fully saturated rings. The van der Waals surface area contributed by atoms with Crippen LogP contribution in [0.5, 0.6) is 0 Å². The van der Waals surface area contributed by atoms with Crippen LogP contribution in [0.3, 0.4) is 0 Å². The second-order valence-electron chi connectivity index (χ2n) is 5.90. The van der Waals surface area contributed by atoms with Gasteiger partial charge in [-0.1, -0.05) is 13.3 Å². The summed E-state index contributed by atoms with van der Waals surface area (Å²) >= 11 is 0. The van der Waals surface area contributed by atoms with Crippen molar-refractivity contribution in [1.29, 1.82) is 0 Å². The summed E-state index contributed by atoms with van der Waals surface area (Å²) in [5.41, 5.74) is 4.65. The zero-order valence-corrected chi connectivity index (χ0v) is 12.9. The largest absolute Gasteiger partial charge is 0.387 e. The highest BCUT2D eigenvalue weighted by molar-refractivity contribution is 5.75. The molecule has 0 aliphatic rings. The number of rotatable bonds is 10. The molecule has 0 saturated carbocycles.